The Hall–Kier alpha value is -1.94. The van der Waals surface area contributed by atoms with Gasteiger partial charge in [-0.1, -0.05) is 12.1 Å². The van der Waals surface area contributed by atoms with Crippen molar-refractivity contribution in [1.82, 2.24) is 9.80 Å². The first-order valence-electron chi connectivity index (χ1n) is 8.69. The lowest BCUT2D eigenvalue weighted by molar-refractivity contribution is -0.134. The molecule has 2 saturated heterocycles. The number of aliphatic hydroxyl groups excluding tert-OH is 1. The summed E-state index contributed by atoms with van der Waals surface area (Å²) in [6, 6.07) is 9.84. The summed E-state index contributed by atoms with van der Waals surface area (Å²) in [6.45, 7) is 3.95. The Morgan fingerprint density at radius 2 is 2.32 bits per heavy atom. The molecule has 0 aliphatic carbocycles. The number of methoxy groups -OCH3 is 1. The predicted molar refractivity (Wildman–Crippen MR) is 92.5 cm³/mol. The van der Waals surface area contributed by atoms with Gasteiger partial charge in [-0.15, -0.1) is 0 Å². The molecule has 0 unspecified atom stereocenters. The molecule has 2 heterocycles. The van der Waals surface area contributed by atoms with Crippen LogP contribution in [0.5, 0.6) is 0 Å². The zero-order valence-electron chi connectivity index (χ0n) is 14.6. The van der Waals surface area contributed by atoms with E-state index in [-0.39, 0.29) is 24.5 Å². The van der Waals surface area contributed by atoms with Gasteiger partial charge in [0.15, 0.2) is 0 Å². The Labute approximate surface area is 148 Å². The highest BCUT2D eigenvalue weighted by Gasteiger charge is 2.50. The topological polar surface area (TPSA) is 76.8 Å². The van der Waals surface area contributed by atoms with Gasteiger partial charge in [0.2, 0.25) is 5.91 Å². The third-order valence-electron chi connectivity index (χ3n) is 5.54. The average molecular weight is 343 g/mol. The number of nitriles is 1. The number of aliphatic hydroxyl groups is 1. The molecule has 0 aromatic heterocycles. The van der Waals surface area contributed by atoms with Crippen molar-refractivity contribution in [3.63, 3.8) is 0 Å². The lowest BCUT2D eigenvalue weighted by atomic mass is 9.74. The number of rotatable bonds is 5. The lowest BCUT2D eigenvalue weighted by Gasteiger charge is -2.43. The summed E-state index contributed by atoms with van der Waals surface area (Å²) in [7, 11) is 1.53. The van der Waals surface area contributed by atoms with Crippen LogP contribution in [0.3, 0.4) is 0 Å². The van der Waals surface area contributed by atoms with Gasteiger partial charge in [-0.25, -0.2) is 0 Å². The van der Waals surface area contributed by atoms with Gasteiger partial charge in [0.05, 0.1) is 18.2 Å². The van der Waals surface area contributed by atoms with Crippen LogP contribution in [0.4, 0.5) is 0 Å². The maximum absolute atomic E-state index is 12.2. The van der Waals surface area contributed by atoms with Crippen LogP contribution in [0.25, 0.3) is 0 Å². The van der Waals surface area contributed by atoms with E-state index in [0.29, 0.717) is 24.6 Å². The van der Waals surface area contributed by atoms with Crippen molar-refractivity contribution in [1.29, 1.82) is 5.26 Å². The standard InChI is InChI=1S/C19H25N3O3/c1-25-11-18(24)22-10-17-5-6-21(12-19(17,13-22)14-23)9-16-4-2-3-15(7-16)8-20/h2-4,7,17,23H,5-6,9-14H2,1H3/t17-,19+/m0/s1. The average Bonchev–Trinajstić information content (AvgIpc) is 3.02. The number of likely N-dealkylation sites (tertiary alicyclic amines) is 2. The summed E-state index contributed by atoms with van der Waals surface area (Å²) in [4.78, 5) is 16.3. The number of carbonyl (C=O) groups is 1. The quantitative estimate of drug-likeness (QED) is 0.858. The highest BCUT2D eigenvalue weighted by molar-refractivity contribution is 5.77. The Morgan fingerprint density at radius 3 is 3.04 bits per heavy atom. The van der Waals surface area contributed by atoms with Crippen LogP contribution in [-0.2, 0) is 16.1 Å². The van der Waals surface area contributed by atoms with Gasteiger partial charge in [-0.3, -0.25) is 9.69 Å². The molecule has 2 aliphatic heterocycles. The molecule has 0 saturated carbocycles. The molecule has 1 aromatic carbocycles. The molecule has 2 fully saturated rings. The van der Waals surface area contributed by atoms with Crippen molar-refractivity contribution in [3.05, 3.63) is 35.4 Å². The molecule has 0 bridgehead atoms. The number of nitrogens with zero attached hydrogens (tertiary/aromatic N) is 3. The van der Waals surface area contributed by atoms with Gasteiger partial charge in [-0.05, 0) is 36.6 Å². The van der Waals surface area contributed by atoms with Crippen LogP contribution in [-0.4, -0.2) is 67.3 Å². The third kappa shape index (κ3) is 3.69. The summed E-state index contributed by atoms with van der Waals surface area (Å²) in [5.41, 5.74) is 1.52. The molecule has 1 N–H and O–H groups in total. The number of hydrogen-bond acceptors (Lipinski definition) is 5. The van der Waals surface area contributed by atoms with E-state index in [9.17, 15) is 9.90 Å². The number of benzene rings is 1. The zero-order chi connectivity index (χ0) is 17.9. The van der Waals surface area contributed by atoms with Gasteiger partial charge in [0.1, 0.15) is 6.61 Å². The summed E-state index contributed by atoms with van der Waals surface area (Å²) in [5, 5.41) is 19.2. The molecule has 0 spiro atoms. The molecular weight excluding hydrogens is 318 g/mol. The van der Waals surface area contributed by atoms with E-state index in [1.54, 1.807) is 6.07 Å². The SMILES string of the molecule is COCC(=O)N1C[C@@H]2CCN(Cc3cccc(C#N)c3)C[C@]2(CO)C1. The van der Waals surface area contributed by atoms with Crippen LogP contribution < -0.4 is 0 Å². The molecule has 3 rings (SSSR count). The van der Waals surface area contributed by atoms with Crippen LogP contribution in [0.15, 0.2) is 24.3 Å². The monoisotopic (exact) mass is 343 g/mol. The molecular formula is C19H25N3O3. The maximum Gasteiger partial charge on any atom is 0.248 e. The van der Waals surface area contributed by atoms with Crippen LogP contribution in [0, 0.1) is 22.7 Å². The van der Waals surface area contributed by atoms with E-state index in [1.165, 1.54) is 7.11 Å². The van der Waals surface area contributed by atoms with E-state index in [2.05, 4.69) is 11.0 Å². The van der Waals surface area contributed by atoms with Gasteiger partial charge < -0.3 is 14.7 Å². The minimum absolute atomic E-state index is 0.00186. The van der Waals surface area contributed by atoms with E-state index >= 15 is 0 Å². The Morgan fingerprint density at radius 1 is 1.48 bits per heavy atom. The second-order valence-corrected chi connectivity index (χ2v) is 7.24. The number of ether oxygens (including phenoxy) is 1. The fourth-order valence-corrected chi connectivity index (χ4v) is 4.24. The first-order chi connectivity index (χ1) is 12.1. The molecule has 2 atom stereocenters. The Balaban J connectivity index is 1.69. The van der Waals surface area contributed by atoms with Crippen molar-refractivity contribution in [3.8, 4) is 6.07 Å². The highest BCUT2D eigenvalue weighted by Crippen LogP contribution is 2.42. The number of amides is 1. The summed E-state index contributed by atoms with van der Waals surface area (Å²) < 4.78 is 4.97. The Kier molecular flexibility index (Phi) is 5.38. The fourth-order valence-electron chi connectivity index (χ4n) is 4.24. The van der Waals surface area contributed by atoms with Gasteiger partial charge in [-0.2, -0.15) is 5.26 Å². The number of fused-ring (bicyclic) bond motifs is 1. The highest BCUT2D eigenvalue weighted by atomic mass is 16.5. The molecule has 0 radical (unpaired) electrons. The molecule has 1 aromatic rings. The number of piperidine rings is 1. The van der Waals surface area contributed by atoms with Gasteiger partial charge >= 0.3 is 0 Å². The van der Waals surface area contributed by atoms with Crippen LogP contribution in [0.2, 0.25) is 0 Å². The number of hydrogen-bond donors (Lipinski definition) is 1. The summed E-state index contributed by atoms with van der Waals surface area (Å²) >= 11 is 0. The van der Waals surface area contributed by atoms with E-state index < -0.39 is 0 Å². The van der Waals surface area contributed by atoms with Crippen molar-refractivity contribution >= 4 is 5.91 Å². The molecule has 25 heavy (non-hydrogen) atoms. The second kappa shape index (κ2) is 7.52. The van der Waals surface area contributed by atoms with Crippen molar-refractivity contribution in [2.24, 2.45) is 11.3 Å². The first kappa shape index (κ1) is 17.9. The minimum Gasteiger partial charge on any atom is -0.396 e. The molecule has 134 valence electrons. The third-order valence-corrected chi connectivity index (χ3v) is 5.54. The second-order valence-electron chi connectivity index (χ2n) is 7.24. The van der Waals surface area contributed by atoms with Crippen LogP contribution in [0.1, 0.15) is 17.5 Å². The predicted octanol–water partition coefficient (Wildman–Crippen LogP) is 0.847. The number of carbonyl (C=O) groups excluding carboxylic acids is 1. The molecule has 1 amide bonds. The Bertz CT molecular complexity index is 672. The first-order valence-corrected chi connectivity index (χ1v) is 8.69. The molecule has 2 aliphatic rings. The van der Waals surface area contributed by atoms with Crippen molar-refractivity contribution < 1.29 is 14.6 Å². The minimum atomic E-state index is -0.255. The summed E-state index contributed by atoms with van der Waals surface area (Å²) in [5.74, 6) is 0.331. The van der Waals surface area contributed by atoms with E-state index in [1.807, 2.05) is 23.1 Å². The summed E-state index contributed by atoms with van der Waals surface area (Å²) in [6.07, 6.45) is 0.968. The largest absolute Gasteiger partial charge is 0.396 e. The van der Waals surface area contributed by atoms with Crippen molar-refractivity contribution in [2.45, 2.75) is 13.0 Å². The van der Waals surface area contributed by atoms with Gasteiger partial charge in [0, 0.05) is 38.7 Å². The van der Waals surface area contributed by atoms with E-state index in [4.69, 9.17) is 10.00 Å². The van der Waals surface area contributed by atoms with Crippen molar-refractivity contribution in [2.75, 3.05) is 46.5 Å². The van der Waals surface area contributed by atoms with Crippen LogP contribution >= 0.6 is 0 Å². The van der Waals surface area contributed by atoms with Gasteiger partial charge in [0.25, 0.3) is 0 Å². The van der Waals surface area contributed by atoms with E-state index in [0.717, 1.165) is 31.6 Å². The molecule has 6 heteroatoms. The smallest absolute Gasteiger partial charge is 0.248 e. The zero-order valence-corrected chi connectivity index (χ0v) is 14.6. The maximum atomic E-state index is 12.2. The lowest BCUT2D eigenvalue weighted by Crippen LogP contribution is -2.50. The molecule has 6 nitrogen and oxygen atoms in total. The normalized spacial score (nSPS) is 26.3. The fraction of sp³-hybridized carbons (Fsp3) is 0.579.